The number of ketones is 2. The van der Waals surface area contributed by atoms with Gasteiger partial charge in [-0.3, -0.25) is 9.59 Å². The van der Waals surface area contributed by atoms with Gasteiger partial charge in [-0.2, -0.15) is 0 Å². The monoisotopic (exact) mass is 388 g/mol. The average Bonchev–Trinajstić information content (AvgIpc) is 2.97. The lowest BCUT2D eigenvalue weighted by Crippen LogP contribution is -2.59. The Morgan fingerprint density at radius 1 is 1.18 bits per heavy atom. The smallest absolute Gasteiger partial charge is 0.178 e. The third kappa shape index (κ3) is 2.29. The van der Waals surface area contributed by atoms with E-state index in [0.29, 0.717) is 12.8 Å². The molecular formula is C23H29FO4. The van der Waals surface area contributed by atoms with Gasteiger partial charge in [0.15, 0.2) is 11.6 Å². The molecule has 0 saturated heterocycles. The van der Waals surface area contributed by atoms with Crippen LogP contribution in [0.3, 0.4) is 0 Å². The molecular weight excluding hydrogens is 359 g/mol. The third-order valence-electron chi connectivity index (χ3n) is 8.36. The zero-order valence-corrected chi connectivity index (χ0v) is 16.7. The predicted molar refractivity (Wildman–Crippen MR) is 103 cm³/mol. The number of hydrogen-bond donors (Lipinski definition) is 2. The summed E-state index contributed by atoms with van der Waals surface area (Å²) in [5.41, 5.74) is -2.29. The van der Waals surface area contributed by atoms with Crippen LogP contribution in [0.2, 0.25) is 0 Å². The first-order valence-corrected chi connectivity index (χ1v) is 10.2. The van der Waals surface area contributed by atoms with Crippen molar-refractivity contribution in [1.29, 1.82) is 0 Å². The van der Waals surface area contributed by atoms with E-state index in [1.807, 2.05) is 26.8 Å². The first-order chi connectivity index (χ1) is 13.1. The standard InChI is InChI=1S/C23H29FO4/c1-13-8-18-17-9-14(11-25)20(19(28)12-26)21(17,2)6-7-23(18,24)22(3)5-4-15(27)10-16(13)22/h4-7,10,13-14,17-18,20,25-26H,8-9,11-12H2,1-3H3/t13-,14+,17-,18-,20+,21-,22-,23+/m0/s1. The lowest BCUT2D eigenvalue weighted by atomic mass is 9.47. The Kier molecular flexibility index (Phi) is 4.37. The minimum atomic E-state index is -1.65. The molecule has 2 fully saturated rings. The van der Waals surface area contributed by atoms with Crippen molar-refractivity contribution in [1.82, 2.24) is 0 Å². The largest absolute Gasteiger partial charge is 0.396 e. The van der Waals surface area contributed by atoms with E-state index in [1.165, 1.54) is 6.08 Å². The van der Waals surface area contributed by atoms with Crippen LogP contribution >= 0.6 is 0 Å². The highest BCUT2D eigenvalue weighted by Gasteiger charge is 2.67. The van der Waals surface area contributed by atoms with Crippen molar-refractivity contribution in [3.8, 4) is 0 Å². The Labute approximate surface area is 165 Å². The van der Waals surface area contributed by atoms with E-state index in [2.05, 4.69) is 0 Å². The normalized spacial score (nSPS) is 49.3. The lowest BCUT2D eigenvalue weighted by molar-refractivity contribution is -0.131. The number of rotatable bonds is 3. The molecule has 2 saturated carbocycles. The number of Topliss-reactive ketones (excluding diaryl/α,β-unsaturated/α-hetero) is 1. The van der Waals surface area contributed by atoms with Crippen molar-refractivity contribution in [3.63, 3.8) is 0 Å². The van der Waals surface area contributed by atoms with Gasteiger partial charge in [-0.1, -0.05) is 31.6 Å². The number of hydrogen-bond acceptors (Lipinski definition) is 4. The van der Waals surface area contributed by atoms with Gasteiger partial charge in [-0.25, -0.2) is 4.39 Å². The minimum Gasteiger partial charge on any atom is -0.396 e. The molecule has 0 radical (unpaired) electrons. The van der Waals surface area contributed by atoms with Crippen LogP contribution in [-0.2, 0) is 9.59 Å². The van der Waals surface area contributed by atoms with Crippen molar-refractivity contribution in [2.24, 2.45) is 40.4 Å². The van der Waals surface area contributed by atoms with Gasteiger partial charge in [-0.15, -0.1) is 0 Å². The molecule has 152 valence electrons. The fourth-order valence-electron chi connectivity index (χ4n) is 6.99. The fourth-order valence-corrected chi connectivity index (χ4v) is 6.99. The summed E-state index contributed by atoms with van der Waals surface area (Å²) >= 11 is 0. The molecule has 4 nitrogen and oxygen atoms in total. The van der Waals surface area contributed by atoms with Crippen LogP contribution in [0.15, 0.2) is 36.0 Å². The minimum absolute atomic E-state index is 0.0590. The number of alkyl halides is 1. The lowest BCUT2D eigenvalue weighted by Gasteiger charge is -2.58. The first kappa shape index (κ1) is 19.7. The van der Waals surface area contributed by atoms with Crippen molar-refractivity contribution < 1.29 is 24.2 Å². The SMILES string of the molecule is C[C@H]1C[C@H]2[C@@H]3C[C@H](CO)[C@H](C(=O)CO)[C@@]3(C)C=C[C@]2(F)[C@@]2(C)C=CC(=O)C=C12. The second-order valence-electron chi connectivity index (χ2n) is 9.64. The molecule has 28 heavy (non-hydrogen) atoms. The van der Waals surface area contributed by atoms with Gasteiger partial charge < -0.3 is 10.2 Å². The zero-order chi connectivity index (χ0) is 20.5. The van der Waals surface area contributed by atoms with Gasteiger partial charge in [0.2, 0.25) is 0 Å². The van der Waals surface area contributed by atoms with Crippen LogP contribution in [0, 0.1) is 40.4 Å². The van der Waals surface area contributed by atoms with E-state index in [-0.39, 0.29) is 41.8 Å². The molecule has 0 aromatic rings. The Hall–Kier alpha value is -1.59. The van der Waals surface area contributed by atoms with Gasteiger partial charge in [0.1, 0.15) is 12.3 Å². The van der Waals surface area contributed by atoms with Crippen LogP contribution in [0.5, 0.6) is 0 Å². The summed E-state index contributed by atoms with van der Waals surface area (Å²) in [5.74, 6) is -1.51. The van der Waals surface area contributed by atoms with Crippen LogP contribution in [0.25, 0.3) is 0 Å². The molecule has 0 amide bonds. The van der Waals surface area contributed by atoms with Crippen molar-refractivity contribution in [2.45, 2.75) is 39.3 Å². The van der Waals surface area contributed by atoms with E-state index in [0.717, 1.165) is 5.57 Å². The molecule has 4 aliphatic rings. The molecule has 2 N–H and O–H groups in total. The van der Waals surface area contributed by atoms with Gasteiger partial charge in [-0.05, 0) is 61.2 Å². The van der Waals surface area contributed by atoms with Crippen LogP contribution in [0.1, 0.15) is 33.6 Å². The summed E-state index contributed by atoms with van der Waals surface area (Å²) in [7, 11) is 0. The molecule has 4 aliphatic carbocycles. The highest BCUT2D eigenvalue weighted by atomic mass is 19.1. The molecule has 4 rings (SSSR count). The predicted octanol–water partition coefficient (Wildman–Crippen LogP) is 2.80. The summed E-state index contributed by atoms with van der Waals surface area (Å²) < 4.78 is 16.8. The molecule has 0 bridgehead atoms. The second-order valence-corrected chi connectivity index (χ2v) is 9.64. The summed E-state index contributed by atoms with van der Waals surface area (Å²) in [4.78, 5) is 24.5. The van der Waals surface area contributed by atoms with Gasteiger partial charge >= 0.3 is 0 Å². The number of carbonyl (C=O) groups excluding carboxylic acids is 2. The number of halogens is 1. The molecule has 8 atom stereocenters. The number of carbonyl (C=O) groups is 2. The molecule has 0 heterocycles. The highest BCUT2D eigenvalue weighted by molar-refractivity contribution is 6.01. The van der Waals surface area contributed by atoms with Gasteiger partial charge in [0.05, 0.1) is 0 Å². The second kappa shape index (κ2) is 6.20. The molecule has 0 aromatic carbocycles. The van der Waals surface area contributed by atoms with Crippen molar-refractivity contribution in [3.05, 3.63) is 36.0 Å². The van der Waals surface area contributed by atoms with Gasteiger partial charge in [0, 0.05) is 23.9 Å². The Morgan fingerprint density at radius 3 is 2.54 bits per heavy atom. The number of aliphatic hydroxyl groups is 2. The van der Waals surface area contributed by atoms with E-state index in [1.54, 1.807) is 18.2 Å². The van der Waals surface area contributed by atoms with E-state index in [9.17, 15) is 19.8 Å². The van der Waals surface area contributed by atoms with Crippen LogP contribution in [-0.4, -0.2) is 40.7 Å². The van der Waals surface area contributed by atoms with Crippen molar-refractivity contribution >= 4 is 11.6 Å². The molecule has 0 aromatic heterocycles. The average molecular weight is 388 g/mol. The Morgan fingerprint density at radius 2 is 1.89 bits per heavy atom. The molecule has 5 heteroatoms. The maximum atomic E-state index is 16.8. The van der Waals surface area contributed by atoms with E-state index < -0.39 is 29.0 Å². The third-order valence-corrected chi connectivity index (χ3v) is 8.36. The highest BCUT2D eigenvalue weighted by Crippen LogP contribution is 2.68. The summed E-state index contributed by atoms with van der Waals surface area (Å²) in [6.07, 6.45) is 9.38. The van der Waals surface area contributed by atoms with E-state index >= 15 is 4.39 Å². The summed E-state index contributed by atoms with van der Waals surface area (Å²) in [6.45, 7) is 5.18. The van der Waals surface area contributed by atoms with Crippen LogP contribution in [0.4, 0.5) is 4.39 Å². The number of fused-ring (bicyclic) bond motifs is 5. The molecule has 0 spiro atoms. The van der Waals surface area contributed by atoms with Crippen LogP contribution < -0.4 is 0 Å². The maximum absolute atomic E-state index is 16.8. The first-order valence-electron chi connectivity index (χ1n) is 10.2. The Bertz CT molecular complexity index is 813. The molecule has 0 unspecified atom stereocenters. The van der Waals surface area contributed by atoms with Gasteiger partial charge in [0.25, 0.3) is 0 Å². The summed E-state index contributed by atoms with van der Waals surface area (Å²) in [6, 6.07) is 0. The zero-order valence-electron chi connectivity index (χ0n) is 16.7. The number of allylic oxidation sites excluding steroid dienone is 6. The van der Waals surface area contributed by atoms with E-state index in [4.69, 9.17) is 0 Å². The topological polar surface area (TPSA) is 74.6 Å². The Balaban J connectivity index is 1.84. The fraction of sp³-hybridized carbons (Fsp3) is 0.652. The summed E-state index contributed by atoms with van der Waals surface area (Å²) in [5, 5.41) is 19.4. The quantitative estimate of drug-likeness (QED) is 0.729. The maximum Gasteiger partial charge on any atom is 0.178 e. The van der Waals surface area contributed by atoms with Crippen molar-refractivity contribution in [2.75, 3.05) is 13.2 Å². The number of aliphatic hydroxyl groups excluding tert-OH is 2. The molecule has 0 aliphatic heterocycles.